The summed E-state index contributed by atoms with van der Waals surface area (Å²) < 4.78 is 21.2. The molecule has 0 saturated carbocycles. The Hall–Kier alpha value is -3.16. The topological polar surface area (TPSA) is 80.6 Å². The highest BCUT2D eigenvalue weighted by Gasteiger charge is 2.20. The van der Waals surface area contributed by atoms with Crippen molar-refractivity contribution >= 4 is 17.4 Å². The van der Waals surface area contributed by atoms with Gasteiger partial charge in [0.15, 0.2) is 5.65 Å². The maximum Gasteiger partial charge on any atom is 0.257 e. The summed E-state index contributed by atoms with van der Waals surface area (Å²) in [5, 5.41) is 10.3. The monoisotopic (exact) mass is 399 g/mol. The van der Waals surface area contributed by atoms with Crippen molar-refractivity contribution in [3.63, 3.8) is 0 Å². The highest BCUT2D eigenvalue weighted by Crippen LogP contribution is 2.22. The van der Waals surface area contributed by atoms with Gasteiger partial charge in [0.1, 0.15) is 29.6 Å². The van der Waals surface area contributed by atoms with E-state index in [2.05, 4.69) is 20.7 Å². The van der Waals surface area contributed by atoms with E-state index in [0.29, 0.717) is 41.5 Å². The molecule has 3 aromatic rings. The number of fused-ring (bicyclic) bond motifs is 2. The van der Waals surface area contributed by atoms with Crippen LogP contribution in [-0.4, -0.2) is 33.2 Å². The number of hydrogen-bond acceptors (Lipinski definition) is 5. The van der Waals surface area contributed by atoms with E-state index in [0.717, 1.165) is 12.8 Å². The van der Waals surface area contributed by atoms with Crippen LogP contribution in [0.5, 0.6) is 5.75 Å². The van der Waals surface area contributed by atoms with Crippen molar-refractivity contribution in [2.45, 2.75) is 46.2 Å². The largest absolute Gasteiger partial charge is 0.491 e. The molecule has 3 heterocycles. The third kappa shape index (κ3) is 4.64. The van der Waals surface area contributed by atoms with Crippen molar-refractivity contribution in [1.82, 2.24) is 19.9 Å². The highest BCUT2D eigenvalue weighted by atomic mass is 19.1. The van der Waals surface area contributed by atoms with Crippen LogP contribution in [0.4, 0.5) is 10.2 Å². The third-order valence-electron chi connectivity index (χ3n) is 4.51. The normalized spacial score (nSPS) is 16.1. The van der Waals surface area contributed by atoms with E-state index in [1.165, 1.54) is 18.3 Å². The molecule has 29 heavy (non-hydrogen) atoms. The fraction of sp³-hybridized carbons (Fsp3) is 0.381. The number of halogens is 1. The molecule has 0 saturated heterocycles. The van der Waals surface area contributed by atoms with Gasteiger partial charge in [-0.2, -0.15) is 5.10 Å². The Morgan fingerprint density at radius 3 is 2.93 bits per heavy atom. The Bertz CT molecular complexity index is 988. The second-order valence-electron chi connectivity index (χ2n) is 6.51. The van der Waals surface area contributed by atoms with Gasteiger partial charge in [-0.15, -0.1) is 0 Å². The standard InChI is InChI=1S/C19H20FN5O2.C2H6/c1-2-3-14-11-27-16-5-4-13(20)8-12(16)9-21-17-6-7-25-18(24-17)15(10-22-25)19(26)23-14;1-2/h4-8,10,14H,2-3,9,11H2,1H3,(H,21,24)(H,23,26);1-2H3/t14-;/m1./s1. The maximum absolute atomic E-state index is 13.7. The summed E-state index contributed by atoms with van der Waals surface area (Å²) in [4.78, 5) is 17.2. The van der Waals surface area contributed by atoms with Crippen molar-refractivity contribution in [3.05, 3.63) is 53.6 Å². The van der Waals surface area contributed by atoms with E-state index < -0.39 is 0 Å². The van der Waals surface area contributed by atoms with Crippen LogP contribution in [0.15, 0.2) is 36.7 Å². The van der Waals surface area contributed by atoms with Crippen molar-refractivity contribution in [2.24, 2.45) is 0 Å². The SMILES string of the molecule is CC.CCC[C@@H]1COc2ccc(F)cc2CNc2ccn3ncc(c3n2)C(=O)N1. The number of hydrogen-bond donors (Lipinski definition) is 2. The summed E-state index contributed by atoms with van der Waals surface area (Å²) in [5.41, 5.74) is 1.56. The van der Waals surface area contributed by atoms with E-state index >= 15 is 0 Å². The number of benzene rings is 1. The Balaban J connectivity index is 0.00000117. The highest BCUT2D eigenvalue weighted by molar-refractivity contribution is 5.99. The molecule has 7 nitrogen and oxygen atoms in total. The Labute approximate surface area is 169 Å². The Morgan fingerprint density at radius 1 is 1.31 bits per heavy atom. The smallest absolute Gasteiger partial charge is 0.257 e. The summed E-state index contributed by atoms with van der Waals surface area (Å²) in [6.07, 6.45) is 4.89. The maximum atomic E-state index is 13.7. The van der Waals surface area contributed by atoms with Crippen LogP contribution in [0, 0.1) is 5.82 Å². The van der Waals surface area contributed by atoms with E-state index in [-0.39, 0.29) is 17.8 Å². The van der Waals surface area contributed by atoms with Gasteiger partial charge in [0, 0.05) is 18.3 Å². The van der Waals surface area contributed by atoms with Gasteiger partial charge in [-0.25, -0.2) is 13.9 Å². The van der Waals surface area contributed by atoms with Crippen LogP contribution in [0.2, 0.25) is 0 Å². The lowest BCUT2D eigenvalue weighted by Gasteiger charge is -2.19. The second kappa shape index (κ2) is 9.36. The number of anilines is 1. The minimum atomic E-state index is -0.330. The number of nitrogens with zero attached hydrogens (tertiary/aromatic N) is 3. The zero-order valence-corrected chi connectivity index (χ0v) is 16.9. The summed E-state index contributed by atoms with van der Waals surface area (Å²) in [6, 6.07) is 6.00. The zero-order valence-electron chi connectivity index (χ0n) is 16.9. The first-order valence-electron chi connectivity index (χ1n) is 9.94. The predicted molar refractivity (Wildman–Crippen MR) is 110 cm³/mol. The average molecular weight is 399 g/mol. The number of amides is 1. The van der Waals surface area contributed by atoms with Gasteiger partial charge < -0.3 is 15.4 Å². The lowest BCUT2D eigenvalue weighted by molar-refractivity contribution is 0.0919. The van der Waals surface area contributed by atoms with Crippen LogP contribution in [-0.2, 0) is 6.54 Å². The molecule has 8 heteroatoms. The number of ether oxygens (including phenoxy) is 1. The van der Waals surface area contributed by atoms with Gasteiger partial charge in [-0.3, -0.25) is 4.79 Å². The third-order valence-corrected chi connectivity index (χ3v) is 4.51. The van der Waals surface area contributed by atoms with Crippen molar-refractivity contribution in [2.75, 3.05) is 11.9 Å². The quantitative estimate of drug-likeness (QED) is 0.685. The minimum absolute atomic E-state index is 0.174. The van der Waals surface area contributed by atoms with Crippen LogP contribution < -0.4 is 15.4 Å². The molecule has 1 aliphatic heterocycles. The molecule has 0 aliphatic carbocycles. The lowest BCUT2D eigenvalue weighted by atomic mass is 10.1. The number of nitrogens with one attached hydrogen (secondary N) is 2. The summed E-state index contributed by atoms with van der Waals surface area (Å²) in [5.74, 6) is 0.581. The average Bonchev–Trinajstić information content (AvgIpc) is 3.16. The first-order chi connectivity index (χ1) is 14.1. The first kappa shape index (κ1) is 20.6. The molecule has 2 N–H and O–H groups in total. The molecular weight excluding hydrogens is 373 g/mol. The predicted octanol–water partition coefficient (Wildman–Crippen LogP) is 3.80. The lowest BCUT2D eigenvalue weighted by Crippen LogP contribution is -2.39. The van der Waals surface area contributed by atoms with Gasteiger partial charge in [0.25, 0.3) is 5.91 Å². The van der Waals surface area contributed by atoms with E-state index in [4.69, 9.17) is 4.74 Å². The van der Waals surface area contributed by atoms with Crippen LogP contribution in [0.3, 0.4) is 0 Å². The Morgan fingerprint density at radius 2 is 2.14 bits per heavy atom. The fourth-order valence-corrected chi connectivity index (χ4v) is 3.14. The molecule has 1 aromatic carbocycles. The van der Waals surface area contributed by atoms with Crippen LogP contribution >= 0.6 is 0 Å². The summed E-state index contributed by atoms with van der Waals surface area (Å²) in [6.45, 7) is 6.69. The molecule has 0 radical (unpaired) electrons. The van der Waals surface area contributed by atoms with Gasteiger partial charge in [-0.1, -0.05) is 27.2 Å². The zero-order chi connectivity index (χ0) is 20.8. The number of rotatable bonds is 2. The van der Waals surface area contributed by atoms with Crippen LogP contribution in [0.1, 0.15) is 49.5 Å². The molecule has 0 spiro atoms. The summed E-state index contributed by atoms with van der Waals surface area (Å²) >= 11 is 0. The molecule has 1 atom stereocenters. The number of aromatic nitrogens is 3. The van der Waals surface area contributed by atoms with Crippen molar-refractivity contribution < 1.29 is 13.9 Å². The van der Waals surface area contributed by atoms with Gasteiger partial charge in [-0.05, 0) is 30.7 Å². The molecule has 2 aromatic heterocycles. The van der Waals surface area contributed by atoms with Gasteiger partial charge in [0.2, 0.25) is 0 Å². The second-order valence-corrected chi connectivity index (χ2v) is 6.51. The Kier molecular flexibility index (Phi) is 6.64. The number of carbonyl (C=O) groups is 1. The van der Waals surface area contributed by atoms with Gasteiger partial charge in [0.05, 0.1) is 12.2 Å². The van der Waals surface area contributed by atoms with Crippen molar-refractivity contribution in [3.8, 4) is 5.75 Å². The molecule has 2 bridgehead atoms. The minimum Gasteiger partial charge on any atom is -0.491 e. The molecule has 0 unspecified atom stereocenters. The van der Waals surface area contributed by atoms with E-state index in [1.54, 1.807) is 22.8 Å². The molecule has 1 amide bonds. The first-order valence-corrected chi connectivity index (χ1v) is 9.94. The summed E-state index contributed by atoms with van der Waals surface area (Å²) in [7, 11) is 0. The van der Waals surface area contributed by atoms with E-state index in [9.17, 15) is 9.18 Å². The van der Waals surface area contributed by atoms with E-state index in [1.807, 2.05) is 20.8 Å². The van der Waals surface area contributed by atoms with Gasteiger partial charge >= 0.3 is 0 Å². The van der Waals surface area contributed by atoms with Crippen LogP contribution in [0.25, 0.3) is 5.65 Å². The molecular formula is C21H26FN5O2. The molecule has 4 rings (SSSR count). The van der Waals surface area contributed by atoms with Crippen molar-refractivity contribution in [1.29, 1.82) is 0 Å². The molecule has 154 valence electrons. The number of carbonyl (C=O) groups excluding carboxylic acids is 1. The molecule has 1 aliphatic rings. The fourth-order valence-electron chi connectivity index (χ4n) is 3.14. The molecule has 0 fully saturated rings.